The third-order valence-electron chi connectivity index (χ3n) is 3.98. The zero-order chi connectivity index (χ0) is 17.1. The lowest BCUT2D eigenvalue weighted by Gasteiger charge is -2.09. The van der Waals surface area contributed by atoms with E-state index in [0.29, 0.717) is 11.6 Å². The third-order valence-corrected chi connectivity index (χ3v) is 4.23. The summed E-state index contributed by atoms with van der Waals surface area (Å²) in [6, 6.07) is 21.8. The molecule has 4 aromatic rings. The average molecular weight is 347 g/mol. The highest BCUT2D eigenvalue weighted by Gasteiger charge is 2.17. The Labute approximate surface area is 150 Å². The van der Waals surface area contributed by atoms with Gasteiger partial charge in [-0.1, -0.05) is 59.3 Å². The van der Waals surface area contributed by atoms with Crippen molar-refractivity contribution in [3.05, 3.63) is 89.7 Å². The van der Waals surface area contributed by atoms with E-state index in [4.69, 9.17) is 11.6 Å². The summed E-state index contributed by atoms with van der Waals surface area (Å²) in [7, 11) is 0. The molecule has 4 nitrogen and oxygen atoms in total. The maximum Gasteiger partial charge on any atom is 0.121 e. The lowest BCUT2D eigenvalue weighted by Crippen LogP contribution is -2.04. The molecule has 0 aliphatic carbocycles. The van der Waals surface area contributed by atoms with Gasteiger partial charge in [-0.25, -0.2) is 4.68 Å². The Morgan fingerprint density at radius 2 is 1.52 bits per heavy atom. The van der Waals surface area contributed by atoms with Crippen molar-refractivity contribution in [2.45, 2.75) is 6.54 Å². The molecule has 2 aromatic carbocycles. The van der Waals surface area contributed by atoms with Gasteiger partial charge in [0.1, 0.15) is 5.69 Å². The smallest absolute Gasteiger partial charge is 0.121 e. The van der Waals surface area contributed by atoms with Crippen molar-refractivity contribution >= 4 is 11.6 Å². The first-order valence-electron chi connectivity index (χ1n) is 7.95. The summed E-state index contributed by atoms with van der Waals surface area (Å²) in [5.41, 5.74) is 4.98. The van der Waals surface area contributed by atoms with Gasteiger partial charge in [0.2, 0.25) is 0 Å². The fourth-order valence-corrected chi connectivity index (χ4v) is 2.90. The van der Waals surface area contributed by atoms with Crippen molar-refractivity contribution < 1.29 is 0 Å². The molecule has 0 saturated heterocycles. The minimum Gasteiger partial charge on any atom is -0.265 e. The molecule has 2 aromatic heterocycles. The van der Waals surface area contributed by atoms with E-state index >= 15 is 0 Å². The largest absolute Gasteiger partial charge is 0.265 e. The van der Waals surface area contributed by atoms with E-state index in [9.17, 15) is 0 Å². The summed E-state index contributed by atoms with van der Waals surface area (Å²) >= 11 is 6.02. The first kappa shape index (κ1) is 15.5. The van der Waals surface area contributed by atoms with Crippen LogP contribution in [0.1, 0.15) is 5.56 Å². The fourth-order valence-electron chi connectivity index (χ4n) is 2.78. The second kappa shape index (κ2) is 6.87. The molecule has 4 rings (SSSR count). The van der Waals surface area contributed by atoms with E-state index in [1.165, 1.54) is 5.56 Å². The van der Waals surface area contributed by atoms with Crippen LogP contribution < -0.4 is 0 Å². The summed E-state index contributed by atoms with van der Waals surface area (Å²) in [6.07, 6.45) is 3.56. The maximum atomic E-state index is 6.02. The third kappa shape index (κ3) is 3.30. The van der Waals surface area contributed by atoms with Crippen molar-refractivity contribution in [3.8, 4) is 22.5 Å². The lowest BCUT2D eigenvalue weighted by molar-refractivity contribution is 0.656. The highest BCUT2D eigenvalue weighted by atomic mass is 35.5. The van der Waals surface area contributed by atoms with Crippen molar-refractivity contribution in [2.75, 3.05) is 0 Å². The molecule has 0 saturated carbocycles. The molecular weight excluding hydrogens is 332 g/mol. The van der Waals surface area contributed by atoms with E-state index in [1.54, 1.807) is 12.4 Å². The summed E-state index contributed by atoms with van der Waals surface area (Å²) in [5.74, 6) is 0. The van der Waals surface area contributed by atoms with Crippen LogP contribution in [0.4, 0.5) is 0 Å². The molecule has 25 heavy (non-hydrogen) atoms. The van der Waals surface area contributed by atoms with Crippen LogP contribution in [-0.4, -0.2) is 20.0 Å². The van der Waals surface area contributed by atoms with Crippen molar-refractivity contribution in [1.29, 1.82) is 0 Å². The Morgan fingerprint density at radius 3 is 2.24 bits per heavy atom. The van der Waals surface area contributed by atoms with Gasteiger partial charge < -0.3 is 0 Å². The molecular formula is C20H15ClN4. The van der Waals surface area contributed by atoms with Gasteiger partial charge in [-0.15, -0.1) is 5.10 Å². The Kier molecular flexibility index (Phi) is 4.27. The summed E-state index contributed by atoms with van der Waals surface area (Å²) in [4.78, 5) is 4.12. The number of nitrogens with zero attached hydrogens (tertiary/aromatic N) is 4. The van der Waals surface area contributed by atoms with Crippen molar-refractivity contribution in [2.24, 2.45) is 0 Å². The Hall–Kier alpha value is -2.98. The first-order valence-corrected chi connectivity index (χ1v) is 8.33. The zero-order valence-electron chi connectivity index (χ0n) is 13.4. The summed E-state index contributed by atoms with van der Waals surface area (Å²) in [6.45, 7) is 0.652. The summed E-state index contributed by atoms with van der Waals surface area (Å²) < 4.78 is 1.93. The highest BCUT2D eigenvalue weighted by Crippen LogP contribution is 2.31. The van der Waals surface area contributed by atoms with Gasteiger partial charge in [-0.2, -0.15) is 0 Å². The van der Waals surface area contributed by atoms with Gasteiger partial charge in [0, 0.05) is 28.5 Å². The Morgan fingerprint density at radius 1 is 0.800 bits per heavy atom. The van der Waals surface area contributed by atoms with E-state index in [-0.39, 0.29) is 0 Å². The lowest BCUT2D eigenvalue weighted by atomic mass is 10.1. The number of hydrogen-bond donors (Lipinski definition) is 0. The number of halogens is 1. The van der Waals surface area contributed by atoms with Gasteiger partial charge >= 0.3 is 0 Å². The molecule has 0 bridgehead atoms. The van der Waals surface area contributed by atoms with Crippen LogP contribution in [0.25, 0.3) is 22.5 Å². The quantitative estimate of drug-likeness (QED) is 0.537. The van der Waals surface area contributed by atoms with Crippen molar-refractivity contribution in [3.63, 3.8) is 0 Å². The molecule has 0 unspecified atom stereocenters. The first-order chi connectivity index (χ1) is 12.3. The van der Waals surface area contributed by atoms with Crippen LogP contribution in [0.15, 0.2) is 79.1 Å². The molecule has 5 heteroatoms. The average Bonchev–Trinajstić information content (AvgIpc) is 3.07. The standard InChI is InChI=1S/C20H15ClN4/c21-18-8-6-16(7-9-18)19-20(17-10-12-22-13-11-17)25(24-23-19)14-15-4-2-1-3-5-15/h1-13H,14H2. The van der Waals surface area contributed by atoms with Crippen LogP contribution in [0, 0.1) is 0 Å². The zero-order valence-corrected chi connectivity index (χ0v) is 14.1. The van der Waals surface area contributed by atoms with E-state index in [0.717, 1.165) is 22.5 Å². The molecule has 0 amide bonds. The predicted molar refractivity (Wildman–Crippen MR) is 99.2 cm³/mol. The van der Waals surface area contributed by atoms with Crippen LogP contribution >= 0.6 is 11.6 Å². The second-order valence-corrected chi connectivity index (χ2v) is 6.11. The number of aromatic nitrogens is 4. The minimum atomic E-state index is 0.652. The normalized spacial score (nSPS) is 10.8. The molecule has 0 aliphatic rings. The van der Waals surface area contributed by atoms with E-state index in [1.807, 2.05) is 59.3 Å². The van der Waals surface area contributed by atoms with Gasteiger partial charge in [-0.05, 0) is 29.8 Å². The fraction of sp³-hybridized carbons (Fsp3) is 0.0500. The molecule has 0 atom stereocenters. The van der Waals surface area contributed by atoms with Gasteiger partial charge in [0.15, 0.2) is 0 Å². The van der Waals surface area contributed by atoms with E-state index in [2.05, 4.69) is 27.4 Å². The number of benzene rings is 2. The number of hydrogen-bond acceptors (Lipinski definition) is 3. The predicted octanol–water partition coefficient (Wildman–Crippen LogP) is 4.71. The minimum absolute atomic E-state index is 0.652. The molecule has 2 heterocycles. The number of pyridine rings is 1. The monoisotopic (exact) mass is 346 g/mol. The van der Waals surface area contributed by atoms with Crippen molar-refractivity contribution in [1.82, 2.24) is 20.0 Å². The molecule has 0 spiro atoms. The van der Waals surface area contributed by atoms with Crippen LogP contribution in [-0.2, 0) is 6.54 Å². The van der Waals surface area contributed by atoms with E-state index < -0.39 is 0 Å². The highest BCUT2D eigenvalue weighted by molar-refractivity contribution is 6.30. The maximum absolute atomic E-state index is 6.02. The molecule has 0 fully saturated rings. The second-order valence-electron chi connectivity index (χ2n) is 5.67. The topological polar surface area (TPSA) is 43.6 Å². The molecule has 122 valence electrons. The van der Waals surface area contributed by atoms with Crippen LogP contribution in [0.2, 0.25) is 5.02 Å². The molecule has 0 radical (unpaired) electrons. The van der Waals surface area contributed by atoms with Gasteiger partial charge in [-0.3, -0.25) is 4.98 Å². The summed E-state index contributed by atoms with van der Waals surface area (Å²) in [5, 5.41) is 9.54. The SMILES string of the molecule is Clc1ccc(-c2nnn(Cc3ccccc3)c2-c2ccncc2)cc1. The Bertz CT molecular complexity index is 964. The number of rotatable bonds is 4. The van der Waals surface area contributed by atoms with Crippen LogP contribution in [0.5, 0.6) is 0 Å². The Balaban J connectivity index is 1.83. The van der Waals surface area contributed by atoms with Crippen LogP contribution in [0.3, 0.4) is 0 Å². The van der Waals surface area contributed by atoms with Gasteiger partial charge in [0.25, 0.3) is 0 Å². The van der Waals surface area contributed by atoms with Gasteiger partial charge in [0.05, 0.1) is 12.2 Å². The molecule has 0 aliphatic heterocycles. The molecule has 0 N–H and O–H groups in total.